The Morgan fingerprint density at radius 3 is 2.83 bits per heavy atom. The Morgan fingerprint density at radius 2 is 2.17 bits per heavy atom. The lowest BCUT2D eigenvalue weighted by atomic mass is 10.2. The van der Waals surface area contributed by atoms with Crippen molar-refractivity contribution in [3.8, 4) is 0 Å². The lowest BCUT2D eigenvalue weighted by Crippen LogP contribution is -2.26. The molecule has 0 radical (unpaired) electrons. The van der Waals surface area contributed by atoms with E-state index in [4.69, 9.17) is 10.5 Å². The van der Waals surface area contributed by atoms with Crippen LogP contribution < -0.4 is 11.1 Å². The van der Waals surface area contributed by atoms with Gasteiger partial charge in [-0.3, -0.25) is 4.79 Å². The highest BCUT2D eigenvalue weighted by molar-refractivity contribution is 5.92. The zero-order chi connectivity index (χ0) is 13.4. The highest BCUT2D eigenvalue weighted by Crippen LogP contribution is 2.02. The van der Waals surface area contributed by atoms with E-state index in [1.165, 1.54) is 0 Å². The van der Waals surface area contributed by atoms with E-state index in [2.05, 4.69) is 15.3 Å². The predicted octanol–water partition coefficient (Wildman–Crippen LogP) is 0.914. The number of nitrogens with zero attached hydrogens (tertiary/aromatic N) is 2. The number of ether oxygens (including phenoxy) is 1. The van der Waals surface area contributed by atoms with Crippen molar-refractivity contribution in [2.75, 3.05) is 26.0 Å². The number of nitrogen functional groups attached to an aromatic ring is 1. The molecule has 1 rings (SSSR count). The van der Waals surface area contributed by atoms with Crippen molar-refractivity contribution in [3.63, 3.8) is 0 Å². The quantitative estimate of drug-likeness (QED) is 0.704. The molecule has 0 spiro atoms. The maximum absolute atomic E-state index is 11.8. The van der Waals surface area contributed by atoms with Gasteiger partial charge in [-0.25, -0.2) is 9.97 Å². The van der Waals surface area contributed by atoms with Crippen molar-refractivity contribution in [3.05, 3.63) is 17.5 Å². The summed E-state index contributed by atoms with van der Waals surface area (Å²) in [6.07, 6.45) is 2.96. The molecule has 3 N–H and O–H groups in total. The first kappa shape index (κ1) is 14.4. The van der Waals surface area contributed by atoms with Crippen LogP contribution in [0.25, 0.3) is 0 Å². The molecule has 1 aromatic heterocycles. The molecule has 100 valence electrons. The molecule has 0 aliphatic carbocycles. The second-order valence-electron chi connectivity index (χ2n) is 4.06. The molecule has 0 aromatic carbocycles. The second-order valence-corrected chi connectivity index (χ2v) is 4.06. The van der Waals surface area contributed by atoms with Crippen LogP contribution >= 0.6 is 0 Å². The number of rotatable bonds is 7. The van der Waals surface area contributed by atoms with Gasteiger partial charge in [-0.1, -0.05) is 0 Å². The molecule has 1 amide bonds. The number of amides is 1. The number of carbonyl (C=O) groups excluding carboxylic acids is 1. The second kappa shape index (κ2) is 7.60. The van der Waals surface area contributed by atoms with Crippen LogP contribution in [0, 0.1) is 6.92 Å². The smallest absolute Gasteiger partial charge is 0.270 e. The summed E-state index contributed by atoms with van der Waals surface area (Å²) < 4.78 is 4.95. The molecule has 6 nitrogen and oxygen atoms in total. The van der Waals surface area contributed by atoms with Gasteiger partial charge >= 0.3 is 0 Å². The minimum absolute atomic E-state index is 0.125. The van der Waals surface area contributed by atoms with Gasteiger partial charge < -0.3 is 15.8 Å². The molecule has 1 heterocycles. The summed E-state index contributed by atoms with van der Waals surface area (Å²) in [5, 5.41) is 2.80. The largest absolute Gasteiger partial charge is 0.385 e. The summed E-state index contributed by atoms with van der Waals surface area (Å²) in [6, 6.07) is 1.62. The van der Waals surface area contributed by atoms with Crippen molar-refractivity contribution >= 4 is 11.9 Å². The standard InChI is InChI=1S/C12H20N4O2/c1-9-8-10(16-12(13)15-9)11(17)14-6-4-3-5-7-18-2/h8H,3-7H2,1-2H3,(H,14,17)(H2,13,15,16). The first-order valence-corrected chi connectivity index (χ1v) is 6.02. The number of hydrogen-bond donors (Lipinski definition) is 2. The maximum atomic E-state index is 11.8. The van der Waals surface area contributed by atoms with Crippen molar-refractivity contribution in [2.24, 2.45) is 0 Å². The summed E-state index contributed by atoms with van der Waals surface area (Å²) >= 11 is 0. The number of aryl methyl sites for hydroxylation is 1. The number of nitrogens with one attached hydrogen (secondary N) is 1. The van der Waals surface area contributed by atoms with Gasteiger partial charge in [0.2, 0.25) is 5.95 Å². The number of unbranched alkanes of at least 4 members (excludes halogenated alkanes) is 2. The number of aromatic nitrogens is 2. The normalized spacial score (nSPS) is 10.3. The Bertz CT molecular complexity index is 375. The van der Waals surface area contributed by atoms with Crippen molar-refractivity contribution in [2.45, 2.75) is 26.2 Å². The Hall–Kier alpha value is -1.69. The lowest BCUT2D eigenvalue weighted by Gasteiger charge is -2.05. The van der Waals surface area contributed by atoms with Gasteiger partial charge in [-0.2, -0.15) is 0 Å². The van der Waals surface area contributed by atoms with Crippen LogP contribution in [-0.2, 0) is 4.74 Å². The Balaban J connectivity index is 2.32. The Morgan fingerprint density at radius 1 is 1.39 bits per heavy atom. The molecule has 0 bridgehead atoms. The molecule has 0 saturated heterocycles. The zero-order valence-electron chi connectivity index (χ0n) is 10.9. The first-order valence-electron chi connectivity index (χ1n) is 6.02. The summed E-state index contributed by atoms with van der Waals surface area (Å²) in [4.78, 5) is 19.6. The highest BCUT2D eigenvalue weighted by Gasteiger charge is 2.08. The molecule has 0 unspecified atom stereocenters. The van der Waals surface area contributed by atoms with Gasteiger partial charge in [-0.15, -0.1) is 0 Å². The van der Waals surface area contributed by atoms with Crippen LogP contribution in [-0.4, -0.2) is 36.1 Å². The summed E-state index contributed by atoms with van der Waals surface area (Å²) in [5.74, 6) is -0.0841. The molecular weight excluding hydrogens is 232 g/mol. The summed E-state index contributed by atoms with van der Waals surface area (Å²) in [5.41, 5.74) is 6.50. The third-order valence-electron chi connectivity index (χ3n) is 2.41. The molecule has 0 fully saturated rings. The molecule has 0 aliphatic heterocycles. The number of anilines is 1. The number of methoxy groups -OCH3 is 1. The minimum Gasteiger partial charge on any atom is -0.385 e. The van der Waals surface area contributed by atoms with Gasteiger partial charge in [0, 0.05) is 26.0 Å². The summed E-state index contributed by atoms with van der Waals surface area (Å²) in [7, 11) is 1.68. The fourth-order valence-corrected chi connectivity index (χ4v) is 1.55. The molecule has 0 aliphatic rings. The van der Waals surface area contributed by atoms with Crippen LogP contribution in [0.15, 0.2) is 6.07 Å². The van der Waals surface area contributed by atoms with Crippen molar-refractivity contribution < 1.29 is 9.53 Å². The lowest BCUT2D eigenvalue weighted by molar-refractivity contribution is 0.0947. The third-order valence-corrected chi connectivity index (χ3v) is 2.41. The van der Waals surface area contributed by atoms with E-state index in [-0.39, 0.29) is 11.9 Å². The summed E-state index contributed by atoms with van der Waals surface area (Å²) in [6.45, 7) is 3.17. The molecule has 6 heteroatoms. The molecule has 0 atom stereocenters. The first-order chi connectivity index (χ1) is 8.63. The van der Waals surface area contributed by atoms with Crippen molar-refractivity contribution in [1.29, 1.82) is 0 Å². The van der Waals surface area contributed by atoms with E-state index in [0.717, 1.165) is 25.9 Å². The Labute approximate surface area is 107 Å². The highest BCUT2D eigenvalue weighted by atomic mass is 16.5. The fourth-order valence-electron chi connectivity index (χ4n) is 1.55. The van der Waals surface area contributed by atoms with Crippen molar-refractivity contribution in [1.82, 2.24) is 15.3 Å². The van der Waals surface area contributed by atoms with Gasteiger partial charge in [0.1, 0.15) is 5.69 Å². The van der Waals surface area contributed by atoms with E-state index in [0.29, 0.717) is 17.9 Å². The molecule has 18 heavy (non-hydrogen) atoms. The van der Waals surface area contributed by atoms with Crippen LogP contribution in [0.3, 0.4) is 0 Å². The minimum atomic E-state index is -0.209. The maximum Gasteiger partial charge on any atom is 0.270 e. The molecule has 1 aromatic rings. The van der Waals surface area contributed by atoms with E-state index >= 15 is 0 Å². The predicted molar refractivity (Wildman–Crippen MR) is 69.2 cm³/mol. The van der Waals surface area contributed by atoms with Gasteiger partial charge in [-0.05, 0) is 32.3 Å². The average molecular weight is 252 g/mol. The topological polar surface area (TPSA) is 90.1 Å². The van der Waals surface area contributed by atoms with Gasteiger partial charge in [0.25, 0.3) is 5.91 Å². The average Bonchev–Trinajstić information content (AvgIpc) is 2.32. The van der Waals surface area contributed by atoms with E-state index in [1.807, 2.05) is 0 Å². The SMILES string of the molecule is COCCCCCNC(=O)c1cc(C)nc(N)n1. The fraction of sp³-hybridized carbons (Fsp3) is 0.583. The zero-order valence-corrected chi connectivity index (χ0v) is 10.9. The number of nitrogens with two attached hydrogens (primary N) is 1. The number of carbonyl (C=O) groups is 1. The monoisotopic (exact) mass is 252 g/mol. The number of hydrogen-bond acceptors (Lipinski definition) is 5. The Kier molecular flexibility index (Phi) is 6.07. The van der Waals surface area contributed by atoms with E-state index in [1.54, 1.807) is 20.1 Å². The van der Waals surface area contributed by atoms with Crippen LogP contribution in [0.4, 0.5) is 5.95 Å². The van der Waals surface area contributed by atoms with Gasteiger partial charge in [0.05, 0.1) is 0 Å². The van der Waals surface area contributed by atoms with Gasteiger partial charge in [0.15, 0.2) is 0 Å². The van der Waals surface area contributed by atoms with Crippen LogP contribution in [0.5, 0.6) is 0 Å². The van der Waals surface area contributed by atoms with Crippen LogP contribution in [0.1, 0.15) is 35.4 Å². The molecule has 0 saturated carbocycles. The van der Waals surface area contributed by atoms with E-state index < -0.39 is 0 Å². The van der Waals surface area contributed by atoms with Crippen LogP contribution in [0.2, 0.25) is 0 Å². The molecular formula is C12H20N4O2. The van der Waals surface area contributed by atoms with E-state index in [9.17, 15) is 4.79 Å². The third kappa shape index (κ3) is 5.09.